The molecule has 4 heteroatoms. The topological polar surface area (TPSA) is 49.0 Å². The van der Waals surface area contributed by atoms with Crippen molar-refractivity contribution in [1.29, 1.82) is 0 Å². The first-order chi connectivity index (χ1) is 13.7. The molecular weight excluding hydrogens is 346 g/mol. The van der Waals surface area contributed by atoms with Crippen LogP contribution < -0.4 is 5.56 Å². The van der Waals surface area contributed by atoms with E-state index in [1.54, 1.807) is 0 Å². The zero-order valence-corrected chi connectivity index (χ0v) is 17.2. The van der Waals surface area contributed by atoms with Gasteiger partial charge in [0.2, 0.25) is 0 Å². The quantitative estimate of drug-likeness (QED) is 0.824. The van der Waals surface area contributed by atoms with Gasteiger partial charge in [0.05, 0.1) is 5.69 Å². The molecule has 0 saturated heterocycles. The second-order valence-corrected chi connectivity index (χ2v) is 8.68. The molecule has 1 aromatic heterocycles. The minimum Gasteiger partial charge on any atom is -0.303 e. The number of likely N-dealkylation sites (N-methyl/N-ethyl adjacent to an activating group) is 1. The lowest BCUT2D eigenvalue weighted by Crippen LogP contribution is -2.34. The Balaban J connectivity index is 1.37. The van der Waals surface area contributed by atoms with Crippen LogP contribution >= 0.6 is 0 Å². The Hall–Kier alpha value is -1.94. The van der Waals surface area contributed by atoms with Crippen molar-refractivity contribution in [3.05, 3.63) is 62.6 Å². The lowest BCUT2D eigenvalue weighted by atomic mass is 9.90. The van der Waals surface area contributed by atoms with Gasteiger partial charge in [-0.2, -0.15) is 5.10 Å². The molecule has 0 bridgehead atoms. The molecule has 2 aliphatic rings. The minimum absolute atomic E-state index is 0.0101. The van der Waals surface area contributed by atoms with E-state index < -0.39 is 0 Å². The normalized spacial score (nSPS) is 17.6. The zero-order valence-electron chi connectivity index (χ0n) is 17.2. The van der Waals surface area contributed by atoms with Crippen LogP contribution in [0.4, 0.5) is 0 Å². The number of fused-ring (bicyclic) bond motifs is 1. The molecule has 1 N–H and O–H groups in total. The van der Waals surface area contributed by atoms with Crippen LogP contribution in [0.5, 0.6) is 0 Å². The van der Waals surface area contributed by atoms with Crippen LogP contribution in [0.2, 0.25) is 0 Å². The number of H-pyrrole nitrogens is 1. The molecule has 0 atom stereocenters. The molecule has 0 amide bonds. The van der Waals surface area contributed by atoms with Crippen LogP contribution in [-0.2, 0) is 25.7 Å². The summed E-state index contributed by atoms with van der Waals surface area (Å²) in [7, 11) is 2.29. The van der Waals surface area contributed by atoms with Crippen LogP contribution in [0.25, 0.3) is 0 Å². The maximum absolute atomic E-state index is 12.0. The van der Waals surface area contributed by atoms with Gasteiger partial charge < -0.3 is 4.90 Å². The number of hydrogen-bond donors (Lipinski definition) is 1. The van der Waals surface area contributed by atoms with Gasteiger partial charge in [-0.25, -0.2) is 5.10 Å². The molecule has 2 aromatic rings. The molecule has 0 aliphatic heterocycles. The molecule has 0 spiro atoms. The van der Waals surface area contributed by atoms with E-state index >= 15 is 0 Å². The number of benzene rings is 1. The number of rotatable bonds is 6. The third kappa shape index (κ3) is 4.54. The first-order valence-corrected chi connectivity index (χ1v) is 11.1. The number of aromatic nitrogens is 2. The van der Waals surface area contributed by atoms with Crippen LogP contribution in [0.1, 0.15) is 72.9 Å². The van der Waals surface area contributed by atoms with Crippen LogP contribution in [0.15, 0.2) is 29.1 Å². The lowest BCUT2D eigenvalue weighted by Gasteiger charge is -2.31. The summed E-state index contributed by atoms with van der Waals surface area (Å²) in [5.41, 5.74) is 5.92. The molecule has 0 radical (unpaired) electrons. The average molecular weight is 380 g/mol. The third-order valence-electron chi connectivity index (χ3n) is 6.73. The lowest BCUT2D eigenvalue weighted by molar-refractivity contribution is 0.194. The van der Waals surface area contributed by atoms with Crippen molar-refractivity contribution in [3.63, 3.8) is 0 Å². The first kappa shape index (κ1) is 19.4. The van der Waals surface area contributed by atoms with Crippen LogP contribution in [0, 0.1) is 0 Å². The van der Waals surface area contributed by atoms with E-state index in [1.165, 1.54) is 55.2 Å². The molecule has 4 rings (SSSR count). The van der Waals surface area contributed by atoms with E-state index in [9.17, 15) is 4.79 Å². The molecule has 0 unspecified atom stereocenters. The molecule has 1 fully saturated rings. The van der Waals surface area contributed by atoms with E-state index in [-0.39, 0.29) is 5.56 Å². The fourth-order valence-corrected chi connectivity index (χ4v) is 4.90. The van der Waals surface area contributed by atoms with Gasteiger partial charge in [0.25, 0.3) is 5.56 Å². The average Bonchev–Trinajstić information content (AvgIpc) is 2.76. The summed E-state index contributed by atoms with van der Waals surface area (Å²) >= 11 is 0. The Bertz CT molecular complexity index is 834. The highest BCUT2D eigenvalue weighted by atomic mass is 16.1. The molecule has 2 aliphatic carbocycles. The van der Waals surface area contributed by atoms with E-state index in [2.05, 4.69) is 46.4 Å². The predicted octanol–water partition coefficient (Wildman–Crippen LogP) is 4.05. The standard InChI is InChI=1S/C24H33N3O/c1-27(20-7-3-2-4-8-20)16-15-18-11-13-19(14-12-18)17-23-21-9-5-6-10-22(21)24(28)26-25-23/h11-14,20H,2-10,15-17H2,1H3,(H,26,28). The molecule has 1 aromatic carbocycles. The van der Waals surface area contributed by atoms with E-state index in [4.69, 9.17) is 0 Å². The van der Waals surface area contributed by atoms with Crippen molar-refractivity contribution in [2.75, 3.05) is 13.6 Å². The number of nitrogens with zero attached hydrogens (tertiary/aromatic N) is 2. The van der Waals surface area contributed by atoms with Crippen molar-refractivity contribution in [2.24, 2.45) is 0 Å². The largest absolute Gasteiger partial charge is 0.303 e. The molecule has 150 valence electrons. The van der Waals surface area contributed by atoms with Gasteiger partial charge in [-0.05, 0) is 68.7 Å². The Labute approximate surface area is 168 Å². The van der Waals surface area contributed by atoms with Crippen molar-refractivity contribution >= 4 is 0 Å². The summed E-state index contributed by atoms with van der Waals surface area (Å²) in [5.74, 6) is 0. The van der Waals surface area contributed by atoms with Crippen molar-refractivity contribution in [2.45, 2.75) is 76.7 Å². The highest BCUT2D eigenvalue weighted by molar-refractivity contribution is 5.34. The van der Waals surface area contributed by atoms with E-state index in [0.29, 0.717) is 0 Å². The van der Waals surface area contributed by atoms with Crippen LogP contribution in [0.3, 0.4) is 0 Å². The van der Waals surface area contributed by atoms with Crippen molar-refractivity contribution in [3.8, 4) is 0 Å². The van der Waals surface area contributed by atoms with Gasteiger partial charge in [0, 0.05) is 24.6 Å². The van der Waals surface area contributed by atoms with Gasteiger partial charge in [-0.3, -0.25) is 4.79 Å². The van der Waals surface area contributed by atoms with E-state index in [0.717, 1.165) is 55.9 Å². The third-order valence-corrected chi connectivity index (χ3v) is 6.73. The Kier molecular flexibility index (Phi) is 6.26. The summed E-state index contributed by atoms with van der Waals surface area (Å²) in [6.45, 7) is 1.14. The Morgan fingerprint density at radius 2 is 1.64 bits per heavy atom. The zero-order chi connectivity index (χ0) is 19.3. The Morgan fingerprint density at radius 3 is 2.39 bits per heavy atom. The Morgan fingerprint density at radius 1 is 0.964 bits per heavy atom. The molecule has 4 nitrogen and oxygen atoms in total. The minimum atomic E-state index is 0.0101. The van der Waals surface area contributed by atoms with Gasteiger partial charge in [-0.1, -0.05) is 43.5 Å². The summed E-state index contributed by atoms with van der Waals surface area (Å²) in [6.07, 6.45) is 13.0. The fraction of sp³-hybridized carbons (Fsp3) is 0.583. The fourth-order valence-electron chi connectivity index (χ4n) is 4.90. The second kappa shape index (κ2) is 9.04. The second-order valence-electron chi connectivity index (χ2n) is 8.68. The maximum Gasteiger partial charge on any atom is 0.267 e. The summed E-state index contributed by atoms with van der Waals surface area (Å²) in [4.78, 5) is 14.6. The molecule has 28 heavy (non-hydrogen) atoms. The summed E-state index contributed by atoms with van der Waals surface area (Å²) in [5, 5.41) is 7.09. The highest BCUT2D eigenvalue weighted by Crippen LogP contribution is 2.23. The molecule has 1 heterocycles. The smallest absolute Gasteiger partial charge is 0.267 e. The predicted molar refractivity (Wildman–Crippen MR) is 114 cm³/mol. The summed E-state index contributed by atoms with van der Waals surface area (Å²) in [6, 6.07) is 9.78. The monoisotopic (exact) mass is 379 g/mol. The number of hydrogen-bond acceptors (Lipinski definition) is 3. The first-order valence-electron chi connectivity index (χ1n) is 11.1. The van der Waals surface area contributed by atoms with Gasteiger partial charge in [-0.15, -0.1) is 0 Å². The number of aromatic amines is 1. The van der Waals surface area contributed by atoms with Gasteiger partial charge in [0.1, 0.15) is 0 Å². The van der Waals surface area contributed by atoms with Gasteiger partial charge >= 0.3 is 0 Å². The maximum atomic E-state index is 12.0. The summed E-state index contributed by atoms with van der Waals surface area (Å²) < 4.78 is 0. The van der Waals surface area contributed by atoms with Crippen molar-refractivity contribution in [1.82, 2.24) is 15.1 Å². The molecule has 1 saturated carbocycles. The SMILES string of the molecule is CN(CCc1ccc(Cc2n[nH]c(=O)c3c2CCCC3)cc1)C1CCCCC1. The van der Waals surface area contributed by atoms with Crippen molar-refractivity contribution < 1.29 is 0 Å². The highest BCUT2D eigenvalue weighted by Gasteiger charge is 2.19. The molecular formula is C24H33N3O. The van der Waals surface area contributed by atoms with Gasteiger partial charge in [0.15, 0.2) is 0 Å². The number of nitrogens with one attached hydrogen (secondary N) is 1. The van der Waals surface area contributed by atoms with E-state index in [1.807, 2.05) is 0 Å². The van der Waals surface area contributed by atoms with Crippen LogP contribution in [-0.4, -0.2) is 34.7 Å².